The quantitative estimate of drug-likeness (QED) is 0.298. The van der Waals surface area contributed by atoms with Crippen LogP contribution >= 0.6 is 0 Å². The lowest BCUT2D eigenvalue weighted by atomic mass is 9.87. The molecule has 7 nitrogen and oxygen atoms in total. The highest BCUT2D eigenvalue weighted by Gasteiger charge is 2.42. The average molecular weight is 395 g/mol. The molecular formula is C22H25N3O4. The Morgan fingerprint density at radius 1 is 1.10 bits per heavy atom. The summed E-state index contributed by atoms with van der Waals surface area (Å²) in [7, 11) is 0. The fourth-order valence-corrected chi connectivity index (χ4v) is 3.51. The van der Waals surface area contributed by atoms with E-state index in [4.69, 9.17) is 19.7 Å². The highest BCUT2D eigenvalue weighted by molar-refractivity contribution is 5.89. The van der Waals surface area contributed by atoms with Gasteiger partial charge in [0.15, 0.2) is 0 Å². The lowest BCUT2D eigenvalue weighted by Crippen LogP contribution is -2.54. The number of carbonyl (C=O) groups excluding carboxylic acids is 1. The van der Waals surface area contributed by atoms with Gasteiger partial charge in [-0.2, -0.15) is 0 Å². The van der Waals surface area contributed by atoms with Crippen molar-refractivity contribution in [3.63, 3.8) is 0 Å². The molecule has 3 unspecified atom stereocenters. The number of hydrogen-bond acceptors (Lipinski definition) is 5. The third kappa shape index (κ3) is 5.35. The molecule has 0 N–H and O–H groups in total. The molecule has 3 rings (SSSR count). The second kappa shape index (κ2) is 10.1. The lowest BCUT2D eigenvalue weighted by molar-refractivity contribution is -0.169. The van der Waals surface area contributed by atoms with Gasteiger partial charge in [-0.15, -0.1) is 0 Å². The number of esters is 1. The van der Waals surface area contributed by atoms with Crippen LogP contribution < -0.4 is 0 Å². The third-order valence-corrected chi connectivity index (χ3v) is 5.17. The molecule has 1 heterocycles. The Balaban J connectivity index is 1.67. The fraction of sp³-hybridized carbons (Fsp3) is 0.409. The van der Waals surface area contributed by atoms with Crippen molar-refractivity contribution in [3.05, 3.63) is 82.2 Å². The van der Waals surface area contributed by atoms with Gasteiger partial charge in [0, 0.05) is 10.8 Å². The highest BCUT2D eigenvalue weighted by atomic mass is 16.6. The van der Waals surface area contributed by atoms with E-state index in [1.54, 1.807) is 24.3 Å². The van der Waals surface area contributed by atoms with Gasteiger partial charge in [0.25, 0.3) is 0 Å². The summed E-state index contributed by atoms with van der Waals surface area (Å²) in [5.74, 6) is -0.526. The molecule has 1 saturated heterocycles. The van der Waals surface area contributed by atoms with Gasteiger partial charge in [-0.25, -0.2) is 4.79 Å². The normalized spacial score (nSPS) is 26.3. The van der Waals surface area contributed by atoms with Crippen LogP contribution in [0.1, 0.15) is 29.8 Å². The molecule has 0 bridgehead atoms. The Hall–Kier alpha value is -2.86. The molecule has 2 aromatic rings. The zero-order valence-corrected chi connectivity index (χ0v) is 16.5. The van der Waals surface area contributed by atoms with Gasteiger partial charge in [0.2, 0.25) is 0 Å². The number of benzene rings is 2. The van der Waals surface area contributed by atoms with Gasteiger partial charge >= 0.3 is 5.97 Å². The number of nitrogens with zero attached hydrogens (tertiary/aromatic N) is 3. The topological polar surface area (TPSA) is 93.5 Å². The lowest BCUT2D eigenvalue weighted by Gasteiger charge is -2.42. The summed E-state index contributed by atoms with van der Waals surface area (Å²) in [6.07, 6.45) is -1.07. The Morgan fingerprint density at radius 2 is 1.76 bits per heavy atom. The molecular weight excluding hydrogens is 370 g/mol. The van der Waals surface area contributed by atoms with Crippen LogP contribution in [0.25, 0.3) is 10.4 Å². The standard InChI is InChI=1S/C22H25N3O4/c1-15-19(14-28-22(26)18-11-7-4-8-12-18)29-16(2)20(24-25-23)21(15)27-13-17-9-5-3-6-10-17/h3-12,15-16,19-21H,13-14H2,1-2H3/t15?,16?,19?,20-,21-/m0/s1. The predicted molar refractivity (Wildman–Crippen MR) is 108 cm³/mol. The number of hydrogen-bond donors (Lipinski definition) is 0. The molecule has 0 aliphatic carbocycles. The molecule has 0 aromatic heterocycles. The van der Waals surface area contributed by atoms with Crippen LogP contribution in [0, 0.1) is 5.92 Å². The molecule has 0 saturated carbocycles. The van der Waals surface area contributed by atoms with E-state index in [9.17, 15) is 4.79 Å². The van der Waals surface area contributed by atoms with Crippen LogP contribution in [-0.2, 0) is 20.8 Å². The summed E-state index contributed by atoms with van der Waals surface area (Å²) in [6.45, 7) is 4.31. The molecule has 0 radical (unpaired) electrons. The monoisotopic (exact) mass is 395 g/mol. The second-order valence-electron chi connectivity index (χ2n) is 7.16. The van der Waals surface area contributed by atoms with Gasteiger partial charge < -0.3 is 14.2 Å². The SMILES string of the molecule is CC1OC(COC(=O)c2ccccc2)C(C)[C@H](OCc2ccccc2)[C@H]1N=[N+]=[N-]. The summed E-state index contributed by atoms with van der Waals surface area (Å²) in [4.78, 5) is 15.2. The molecule has 2 aromatic carbocycles. The first kappa shape index (κ1) is 20.9. The molecule has 1 aliphatic rings. The van der Waals surface area contributed by atoms with E-state index in [1.165, 1.54) is 0 Å². The first-order chi connectivity index (χ1) is 14.1. The molecule has 29 heavy (non-hydrogen) atoms. The molecule has 7 heteroatoms. The minimum Gasteiger partial charge on any atom is -0.459 e. The van der Waals surface area contributed by atoms with E-state index < -0.39 is 12.0 Å². The van der Waals surface area contributed by atoms with Crippen LogP contribution in [0.3, 0.4) is 0 Å². The van der Waals surface area contributed by atoms with Crippen molar-refractivity contribution in [2.24, 2.45) is 11.0 Å². The van der Waals surface area contributed by atoms with Gasteiger partial charge in [-0.1, -0.05) is 60.6 Å². The van der Waals surface area contributed by atoms with Crippen LogP contribution in [0.4, 0.5) is 0 Å². The average Bonchev–Trinajstić information content (AvgIpc) is 2.76. The van der Waals surface area contributed by atoms with Crippen molar-refractivity contribution in [2.75, 3.05) is 6.61 Å². The van der Waals surface area contributed by atoms with Crippen molar-refractivity contribution in [2.45, 2.75) is 44.8 Å². The van der Waals surface area contributed by atoms with Gasteiger partial charge in [0.05, 0.1) is 36.5 Å². The molecule has 1 fully saturated rings. The maximum absolute atomic E-state index is 12.3. The number of ether oxygens (including phenoxy) is 3. The first-order valence-electron chi connectivity index (χ1n) is 9.67. The maximum atomic E-state index is 12.3. The molecule has 152 valence electrons. The van der Waals surface area contributed by atoms with Gasteiger partial charge in [-0.3, -0.25) is 0 Å². The summed E-state index contributed by atoms with van der Waals surface area (Å²) in [5, 5.41) is 3.91. The molecule has 1 aliphatic heterocycles. The van der Waals surface area contributed by atoms with Crippen molar-refractivity contribution < 1.29 is 19.0 Å². The molecule has 0 amide bonds. The number of carbonyl (C=O) groups is 1. The van der Waals surface area contributed by atoms with E-state index in [0.29, 0.717) is 12.2 Å². The Kier molecular flexibility index (Phi) is 7.25. The fourth-order valence-electron chi connectivity index (χ4n) is 3.51. The maximum Gasteiger partial charge on any atom is 0.338 e. The number of rotatable bonds is 7. The van der Waals surface area contributed by atoms with Crippen molar-refractivity contribution >= 4 is 5.97 Å². The Labute approximate surface area is 170 Å². The van der Waals surface area contributed by atoms with Crippen LogP contribution in [0.5, 0.6) is 0 Å². The van der Waals surface area contributed by atoms with E-state index in [-0.39, 0.29) is 30.8 Å². The van der Waals surface area contributed by atoms with Crippen molar-refractivity contribution in [1.29, 1.82) is 0 Å². The second-order valence-corrected chi connectivity index (χ2v) is 7.16. The third-order valence-electron chi connectivity index (χ3n) is 5.17. The van der Waals surface area contributed by atoms with E-state index >= 15 is 0 Å². The van der Waals surface area contributed by atoms with E-state index in [0.717, 1.165) is 5.56 Å². The summed E-state index contributed by atoms with van der Waals surface area (Å²) in [5.41, 5.74) is 10.5. The predicted octanol–water partition coefficient (Wildman–Crippen LogP) is 4.53. The number of azide groups is 1. The molecule has 5 atom stereocenters. The van der Waals surface area contributed by atoms with Gasteiger partial charge in [0.1, 0.15) is 6.61 Å². The summed E-state index contributed by atoms with van der Waals surface area (Å²) >= 11 is 0. The van der Waals surface area contributed by atoms with E-state index in [1.807, 2.05) is 50.2 Å². The van der Waals surface area contributed by atoms with E-state index in [2.05, 4.69) is 10.0 Å². The van der Waals surface area contributed by atoms with Crippen LogP contribution in [-0.4, -0.2) is 36.9 Å². The Bertz CT molecular complexity index is 840. The summed E-state index contributed by atoms with van der Waals surface area (Å²) < 4.78 is 17.6. The van der Waals surface area contributed by atoms with Crippen molar-refractivity contribution in [1.82, 2.24) is 0 Å². The zero-order chi connectivity index (χ0) is 20.6. The zero-order valence-electron chi connectivity index (χ0n) is 16.5. The minimum atomic E-state index is -0.459. The highest BCUT2D eigenvalue weighted by Crippen LogP contribution is 2.31. The smallest absolute Gasteiger partial charge is 0.338 e. The first-order valence-corrected chi connectivity index (χ1v) is 9.67. The Morgan fingerprint density at radius 3 is 2.41 bits per heavy atom. The van der Waals surface area contributed by atoms with Crippen LogP contribution in [0.15, 0.2) is 65.8 Å². The van der Waals surface area contributed by atoms with Gasteiger partial charge in [-0.05, 0) is 30.2 Å². The minimum absolute atomic E-state index is 0.105. The summed E-state index contributed by atoms with van der Waals surface area (Å²) in [6, 6.07) is 18.2. The molecule has 0 spiro atoms. The van der Waals surface area contributed by atoms with Crippen molar-refractivity contribution in [3.8, 4) is 0 Å². The largest absolute Gasteiger partial charge is 0.459 e. The van der Waals surface area contributed by atoms with Crippen LogP contribution in [0.2, 0.25) is 0 Å².